The van der Waals surface area contributed by atoms with Crippen LogP contribution in [0.4, 0.5) is 0 Å². The molecule has 0 atom stereocenters. The van der Waals surface area contributed by atoms with Crippen molar-refractivity contribution in [2.45, 2.75) is 34.1 Å². The van der Waals surface area contributed by atoms with E-state index in [9.17, 15) is 4.79 Å². The molecule has 1 aromatic heterocycles. The molecule has 2 aliphatic heterocycles. The predicted octanol–water partition coefficient (Wildman–Crippen LogP) is 4.82. The first-order valence-corrected chi connectivity index (χ1v) is 10.1. The molecule has 0 unspecified atom stereocenters. The highest BCUT2D eigenvalue weighted by atomic mass is 32.2. The van der Waals surface area contributed by atoms with Gasteiger partial charge in [0.05, 0.1) is 5.57 Å². The molecule has 0 bridgehead atoms. The Balaban J connectivity index is 1.81. The first-order valence-electron chi connectivity index (χ1n) is 9.26. The third kappa shape index (κ3) is 2.85. The lowest BCUT2D eigenvalue weighted by Crippen LogP contribution is -2.37. The van der Waals surface area contributed by atoms with E-state index in [0.29, 0.717) is 10.7 Å². The van der Waals surface area contributed by atoms with E-state index in [1.807, 2.05) is 25.3 Å². The van der Waals surface area contributed by atoms with E-state index >= 15 is 0 Å². The summed E-state index contributed by atoms with van der Waals surface area (Å²) in [5.41, 5.74) is 6.74. The van der Waals surface area contributed by atoms with E-state index in [1.54, 1.807) is 11.0 Å². The lowest BCUT2D eigenvalue weighted by molar-refractivity contribution is -0.114. The number of aliphatic imine (C=N–C) groups is 1. The number of nitrogens with zero attached hydrogens (tertiary/aromatic N) is 3. The normalized spacial score (nSPS) is 17.9. The van der Waals surface area contributed by atoms with E-state index in [-0.39, 0.29) is 11.7 Å². The molecule has 1 N–H and O–H groups in total. The monoisotopic (exact) mass is 390 g/mol. The highest BCUT2D eigenvalue weighted by Gasteiger charge is 2.34. The van der Waals surface area contributed by atoms with Gasteiger partial charge >= 0.3 is 0 Å². The highest BCUT2D eigenvalue weighted by molar-refractivity contribution is 8.16. The van der Waals surface area contributed by atoms with Gasteiger partial charge in [0.1, 0.15) is 5.84 Å². The molecule has 1 amide bonds. The van der Waals surface area contributed by atoms with Crippen LogP contribution in [0.5, 0.6) is 0 Å². The second kappa shape index (κ2) is 6.95. The molecule has 6 heteroatoms. The SMILES string of the molecule is CCc1ccccc1-n1c(C)cc(/C=C2\C(=N)N3C(C)=CSC3=NC2=O)c1C. The van der Waals surface area contributed by atoms with Gasteiger partial charge in [-0.1, -0.05) is 36.9 Å². The van der Waals surface area contributed by atoms with Crippen LogP contribution in [-0.2, 0) is 11.2 Å². The van der Waals surface area contributed by atoms with Crippen LogP contribution in [0.3, 0.4) is 0 Å². The molecule has 2 aromatic rings. The van der Waals surface area contributed by atoms with Crippen LogP contribution in [0, 0.1) is 19.3 Å². The van der Waals surface area contributed by atoms with E-state index in [0.717, 1.165) is 34.8 Å². The minimum absolute atomic E-state index is 0.188. The number of carbonyl (C=O) groups is 1. The minimum atomic E-state index is -0.356. The van der Waals surface area contributed by atoms with Gasteiger partial charge in [0.25, 0.3) is 5.91 Å². The number of hydrogen-bond donors (Lipinski definition) is 1. The van der Waals surface area contributed by atoms with Crippen LogP contribution in [0.1, 0.15) is 36.4 Å². The number of hydrogen-bond acceptors (Lipinski definition) is 3. The smallest absolute Gasteiger partial charge is 0.283 e. The van der Waals surface area contributed by atoms with Gasteiger partial charge < -0.3 is 4.57 Å². The molecular formula is C22H22N4OS. The highest BCUT2D eigenvalue weighted by Crippen LogP contribution is 2.33. The molecule has 0 aliphatic carbocycles. The van der Waals surface area contributed by atoms with Crippen LogP contribution in [0.25, 0.3) is 11.8 Å². The largest absolute Gasteiger partial charge is 0.318 e. The topological polar surface area (TPSA) is 61.5 Å². The van der Waals surface area contributed by atoms with E-state index < -0.39 is 0 Å². The van der Waals surface area contributed by atoms with Gasteiger partial charge in [0, 0.05) is 22.8 Å². The maximum atomic E-state index is 12.6. The molecule has 3 heterocycles. The zero-order valence-electron chi connectivity index (χ0n) is 16.4. The maximum absolute atomic E-state index is 12.6. The number of thioether (sulfide) groups is 1. The summed E-state index contributed by atoms with van der Waals surface area (Å²) < 4.78 is 2.22. The number of allylic oxidation sites excluding steroid dienone is 1. The van der Waals surface area contributed by atoms with Crippen molar-refractivity contribution in [2.24, 2.45) is 4.99 Å². The zero-order chi connectivity index (χ0) is 20.0. The van der Waals surface area contributed by atoms with Crippen LogP contribution >= 0.6 is 11.8 Å². The summed E-state index contributed by atoms with van der Waals surface area (Å²) >= 11 is 1.38. The first kappa shape index (κ1) is 18.5. The van der Waals surface area contributed by atoms with Crippen molar-refractivity contribution in [3.63, 3.8) is 0 Å². The molecule has 0 saturated carbocycles. The van der Waals surface area contributed by atoms with Crippen molar-refractivity contribution in [2.75, 3.05) is 0 Å². The van der Waals surface area contributed by atoms with Gasteiger partial charge in [-0.25, -0.2) is 0 Å². The fourth-order valence-electron chi connectivity index (χ4n) is 3.73. The molecule has 0 saturated heterocycles. The second-order valence-electron chi connectivity index (χ2n) is 6.96. The Kier molecular flexibility index (Phi) is 4.59. The molecule has 4 rings (SSSR count). The first-order chi connectivity index (χ1) is 13.4. The van der Waals surface area contributed by atoms with Gasteiger partial charge in [0.2, 0.25) is 0 Å². The Bertz CT molecular complexity index is 1100. The fourth-order valence-corrected chi connectivity index (χ4v) is 4.59. The molecule has 0 spiro atoms. The zero-order valence-corrected chi connectivity index (χ0v) is 17.2. The average molecular weight is 391 g/mol. The maximum Gasteiger partial charge on any atom is 0.283 e. The number of aryl methyl sites for hydroxylation is 2. The summed E-state index contributed by atoms with van der Waals surface area (Å²) in [5, 5.41) is 11.0. The molecule has 1 aromatic carbocycles. The second-order valence-corrected chi connectivity index (χ2v) is 7.80. The van der Waals surface area contributed by atoms with Gasteiger partial charge in [-0.05, 0) is 61.9 Å². The number of nitrogens with one attached hydrogen (secondary N) is 1. The van der Waals surface area contributed by atoms with Crippen molar-refractivity contribution in [3.05, 3.63) is 69.5 Å². The number of benzene rings is 1. The average Bonchev–Trinajstić information content (AvgIpc) is 3.17. The minimum Gasteiger partial charge on any atom is -0.318 e. The molecular weight excluding hydrogens is 368 g/mol. The van der Waals surface area contributed by atoms with Gasteiger partial charge in [0.15, 0.2) is 5.17 Å². The Morgan fingerprint density at radius 1 is 1.21 bits per heavy atom. The Labute approximate surface area is 169 Å². The van der Waals surface area contributed by atoms with Crippen LogP contribution in [-0.4, -0.2) is 26.4 Å². The van der Waals surface area contributed by atoms with E-state index in [2.05, 4.69) is 47.7 Å². The molecule has 5 nitrogen and oxygen atoms in total. The number of carbonyl (C=O) groups excluding carboxylic acids is 1. The standard InChI is InChI=1S/C22H22N4OS/c1-5-16-8-6-7-9-19(16)25-13(2)10-17(15(25)4)11-18-20(23)26-14(3)12-28-22(26)24-21(18)27/h6-12,23H,5H2,1-4H3/b18-11+,23-20?. The molecule has 2 aliphatic rings. The fraction of sp³-hybridized carbons (Fsp3) is 0.227. The van der Waals surface area contributed by atoms with Crippen LogP contribution in [0.2, 0.25) is 0 Å². The predicted molar refractivity (Wildman–Crippen MR) is 116 cm³/mol. The summed E-state index contributed by atoms with van der Waals surface area (Å²) in [5.74, 6) is -0.168. The quantitative estimate of drug-likeness (QED) is 0.764. The Hall–Kier alpha value is -2.86. The van der Waals surface area contributed by atoms with Gasteiger partial charge in [-0.3, -0.25) is 15.1 Å². The number of fused-ring (bicyclic) bond motifs is 1. The number of amidine groups is 2. The van der Waals surface area contributed by atoms with Crippen molar-refractivity contribution in [3.8, 4) is 5.69 Å². The summed E-state index contributed by atoms with van der Waals surface area (Å²) in [6.07, 6.45) is 2.75. The lowest BCUT2D eigenvalue weighted by Gasteiger charge is -2.25. The summed E-state index contributed by atoms with van der Waals surface area (Å²) in [6, 6.07) is 10.4. The van der Waals surface area contributed by atoms with Gasteiger partial charge in [-0.15, -0.1) is 0 Å². The number of aromatic nitrogens is 1. The van der Waals surface area contributed by atoms with E-state index in [1.165, 1.54) is 17.3 Å². The molecule has 142 valence electrons. The molecule has 28 heavy (non-hydrogen) atoms. The summed E-state index contributed by atoms with van der Waals surface area (Å²) in [7, 11) is 0. The van der Waals surface area contributed by atoms with Crippen LogP contribution < -0.4 is 0 Å². The van der Waals surface area contributed by atoms with Crippen molar-refractivity contribution in [1.29, 1.82) is 5.41 Å². The Morgan fingerprint density at radius 3 is 2.71 bits per heavy atom. The summed E-state index contributed by atoms with van der Waals surface area (Å²) in [4.78, 5) is 18.5. The summed E-state index contributed by atoms with van der Waals surface area (Å²) in [6.45, 7) is 8.19. The number of para-hydroxylation sites is 1. The number of rotatable bonds is 3. The van der Waals surface area contributed by atoms with Gasteiger partial charge in [-0.2, -0.15) is 4.99 Å². The van der Waals surface area contributed by atoms with E-state index in [4.69, 9.17) is 5.41 Å². The van der Waals surface area contributed by atoms with Crippen molar-refractivity contribution >= 4 is 34.7 Å². The third-order valence-corrected chi connectivity index (χ3v) is 6.11. The Morgan fingerprint density at radius 2 is 1.96 bits per heavy atom. The number of amides is 1. The molecule has 0 fully saturated rings. The lowest BCUT2D eigenvalue weighted by atomic mass is 10.1. The molecule has 0 radical (unpaired) electrons. The van der Waals surface area contributed by atoms with Crippen molar-refractivity contribution < 1.29 is 4.79 Å². The van der Waals surface area contributed by atoms with Crippen LogP contribution in [0.15, 0.2) is 52.0 Å². The third-order valence-electron chi connectivity index (χ3n) is 5.17. The van der Waals surface area contributed by atoms with Crippen molar-refractivity contribution in [1.82, 2.24) is 9.47 Å².